The molecule has 0 bridgehead atoms. The Labute approximate surface area is 330 Å². The van der Waals surface area contributed by atoms with Crippen molar-refractivity contribution in [1.29, 1.82) is 0 Å². The average molecular weight is 785 g/mol. The summed E-state index contributed by atoms with van der Waals surface area (Å²) in [7, 11) is -4.80. The van der Waals surface area contributed by atoms with E-state index in [0.29, 0.717) is 19.3 Å². The van der Waals surface area contributed by atoms with Crippen LogP contribution in [0.2, 0.25) is 0 Å². The largest absolute Gasteiger partial charge is 0.469 e. The second kappa shape index (κ2) is 38.1. The zero-order valence-electron chi connectivity index (χ0n) is 34.6. The van der Waals surface area contributed by atoms with E-state index in [-0.39, 0.29) is 19.4 Å². The zero-order valence-corrected chi connectivity index (χ0v) is 35.5. The standard InChI is InChI=1S/C44H81O9P/c1-4-6-7-8-9-10-11-14-18-21-24-27-30-34-41(45)35-32-37-43(46)51-38-42(39-52-54(48,49)50)53-44(47)36-31-28-25-22-19-16-13-12-15-17-20-23-26-29-33-40(3)5-2/h14,18,24,27,30,34,40-42,45H,4-13,15-17,19-23,25-26,28-29,31-33,35-39H2,1-3H3,(H2,48,49,50)/b18-14+,27-24+,34-30+/t40?,41?,42-/m1/s1. The van der Waals surface area contributed by atoms with Crippen LogP contribution >= 0.6 is 7.82 Å². The summed E-state index contributed by atoms with van der Waals surface area (Å²) >= 11 is 0. The van der Waals surface area contributed by atoms with Crippen molar-refractivity contribution in [3.63, 3.8) is 0 Å². The monoisotopic (exact) mass is 785 g/mol. The van der Waals surface area contributed by atoms with Crippen LogP contribution in [0.4, 0.5) is 0 Å². The number of carbonyl (C=O) groups excluding carboxylic acids is 2. The van der Waals surface area contributed by atoms with Crippen molar-refractivity contribution in [1.82, 2.24) is 0 Å². The number of carbonyl (C=O) groups is 2. The van der Waals surface area contributed by atoms with Gasteiger partial charge in [0.1, 0.15) is 6.61 Å². The van der Waals surface area contributed by atoms with Gasteiger partial charge in [0.25, 0.3) is 0 Å². The molecule has 3 N–H and O–H groups in total. The summed E-state index contributed by atoms with van der Waals surface area (Å²) in [6, 6.07) is 0. The van der Waals surface area contributed by atoms with Gasteiger partial charge in [0.05, 0.1) is 12.7 Å². The third-order valence-electron chi connectivity index (χ3n) is 9.81. The summed E-state index contributed by atoms with van der Waals surface area (Å²) < 4.78 is 26.3. The van der Waals surface area contributed by atoms with Crippen LogP contribution in [0.1, 0.15) is 201 Å². The summed E-state index contributed by atoms with van der Waals surface area (Å²) in [6.07, 6.45) is 40.4. The molecule has 0 amide bonds. The Morgan fingerprint density at radius 3 is 1.78 bits per heavy atom. The number of rotatable bonds is 39. The second-order valence-corrected chi connectivity index (χ2v) is 16.4. The summed E-state index contributed by atoms with van der Waals surface area (Å²) in [5, 5.41) is 10.2. The summed E-state index contributed by atoms with van der Waals surface area (Å²) in [6.45, 7) is 5.90. The molecule has 0 aromatic carbocycles. The normalized spacial score (nSPS) is 14.0. The molecule has 3 atom stereocenters. The highest BCUT2D eigenvalue weighted by molar-refractivity contribution is 7.46. The molecule has 9 nitrogen and oxygen atoms in total. The predicted octanol–water partition coefficient (Wildman–Crippen LogP) is 12.2. The Kier molecular flexibility index (Phi) is 36.9. The Balaban J connectivity index is 4.06. The maximum Gasteiger partial charge on any atom is 0.469 e. The molecule has 0 heterocycles. The lowest BCUT2D eigenvalue weighted by molar-refractivity contribution is -0.161. The number of allylic oxidation sites excluding steroid dienone is 5. The first kappa shape index (κ1) is 52.2. The predicted molar refractivity (Wildman–Crippen MR) is 222 cm³/mol. The van der Waals surface area contributed by atoms with Crippen LogP contribution in [0.3, 0.4) is 0 Å². The van der Waals surface area contributed by atoms with E-state index >= 15 is 0 Å². The van der Waals surface area contributed by atoms with Gasteiger partial charge in [-0.15, -0.1) is 0 Å². The van der Waals surface area contributed by atoms with Crippen LogP contribution in [-0.2, 0) is 28.2 Å². The molecule has 0 saturated carbocycles. The second-order valence-electron chi connectivity index (χ2n) is 15.1. The topological polar surface area (TPSA) is 140 Å². The van der Waals surface area contributed by atoms with E-state index < -0.39 is 38.6 Å². The van der Waals surface area contributed by atoms with E-state index in [9.17, 15) is 19.3 Å². The molecular weight excluding hydrogens is 703 g/mol. The van der Waals surface area contributed by atoms with Crippen molar-refractivity contribution in [2.45, 2.75) is 213 Å². The van der Waals surface area contributed by atoms with Crippen LogP contribution in [0.5, 0.6) is 0 Å². The van der Waals surface area contributed by atoms with Crippen LogP contribution in [0.15, 0.2) is 36.5 Å². The molecule has 2 unspecified atom stereocenters. The highest BCUT2D eigenvalue weighted by atomic mass is 31.2. The Morgan fingerprint density at radius 2 is 1.19 bits per heavy atom. The van der Waals surface area contributed by atoms with E-state index in [2.05, 4.69) is 37.4 Å². The van der Waals surface area contributed by atoms with Gasteiger partial charge in [-0.05, 0) is 44.4 Å². The van der Waals surface area contributed by atoms with E-state index in [4.69, 9.17) is 19.3 Å². The first-order valence-electron chi connectivity index (χ1n) is 21.8. The Morgan fingerprint density at radius 1 is 0.630 bits per heavy atom. The van der Waals surface area contributed by atoms with Gasteiger partial charge in [-0.25, -0.2) is 4.57 Å². The molecule has 0 aliphatic rings. The lowest BCUT2D eigenvalue weighted by atomic mass is 9.99. The lowest BCUT2D eigenvalue weighted by Crippen LogP contribution is -2.29. The van der Waals surface area contributed by atoms with Gasteiger partial charge in [0.2, 0.25) is 0 Å². The number of esters is 2. The minimum atomic E-state index is -4.80. The Bertz CT molecular complexity index is 1010. The van der Waals surface area contributed by atoms with Gasteiger partial charge in [0, 0.05) is 12.8 Å². The van der Waals surface area contributed by atoms with Gasteiger partial charge in [0.15, 0.2) is 6.10 Å². The summed E-state index contributed by atoms with van der Waals surface area (Å²) in [5.74, 6) is -0.203. The number of hydrogen-bond donors (Lipinski definition) is 3. The molecule has 54 heavy (non-hydrogen) atoms. The number of ether oxygens (including phenoxy) is 2. The Hall–Kier alpha value is -1.77. The van der Waals surface area contributed by atoms with E-state index in [1.807, 2.05) is 12.2 Å². The molecule has 0 aliphatic heterocycles. The smallest absolute Gasteiger partial charge is 0.462 e. The fraction of sp³-hybridized carbons (Fsp3) is 0.818. The molecule has 10 heteroatoms. The van der Waals surface area contributed by atoms with Crippen molar-refractivity contribution in [2.24, 2.45) is 5.92 Å². The van der Waals surface area contributed by atoms with Gasteiger partial charge in [-0.1, -0.05) is 186 Å². The number of phosphoric ester groups is 1. The lowest BCUT2D eigenvalue weighted by Gasteiger charge is -2.18. The quantitative estimate of drug-likeness (QED) is 0.0183. The van der Waals surface area contributed by atoms with E-state index in [0.717, 1.165) is 38.0 Å². The highest BCUT2D eigenvalue weighted by Crippen LogP contribution is 2.36. The first-order valence-corrected chi connectivity index (χ1v) is 23.3. The van der Waals surface area contributed by atoms with Crippen molar-refractivity contribution >= 4 is 19.8 Å². The third-order valence-corrected chi connectivity index (χ3v) is 10.3. The number of aliphatic hydroxyl groups excluding tert-OH is 1. The van der Waals surface area contributed by atoms with Gasteiger partial charge in [-0.3, -0.25) is 14.1 Å². The van der Waals surface area contributed by atoms with E-state index in [1.54, 1.807) is 12.2 Å². The third kappa shape index (κ3) is 39.9. The van der Waals surface area contributed by atoms with Crippen LogP contribution in [0.25, 0.3) is 0 Å². The van der Waals surface area contributed by atoms with Crippen LogP contribution in [-0.4, -0.2) is 52.3 Å². The average Bonchev–Trinajstić information content (AvgIpc) is 3.13. The van der Waals surface area contributed by atoms with E-state index in [1.165, 1.54) is 116 Å². The van der Waals surface area contributed by atoms with Gasteiger partial charge >= 0.3 is 19.8 Å². The number of unbranched alkanes of at least 4 members (excludes halogenated alkanes) is 19. The molecule has 0 aromatic heterocycles. The summed E-state index contributed by atoms with van der Waals surface area (Å²) in [4.78, 5) is 42.9. The maximum atomic E-state index is 12.4. The highest BCUT2D eigenvalue weighted by Gasteiger charge is 2.23. The zero-order chi connectivity index (χ0) is 40.0. The molecule has 316 valence electrons. The van der Waals surface area contributed by atoms with Crippen LogP contribution < -0.4 is 0 Å². The minimum absolute atomic E-state index is 0.0445. The molecule has 0 saturated heterocycles. The minimum Gasteiger partial charge on any atom is -0.462 e. The molecule has 0 spiro atoms. The van der Waals surface area contributed by atoms with Crippen LogP contribution in [0, 0.1) is 5.92 Å². The molecule has 0 fully saturated rings. The number of hydrogen-bond acceptors (Lipinski definition) is 7. The van der Waals surface area contributed by atoms with Crippen molar-refractivity contribution in [2.75, 3.05) is 13.2 Å². The fourth-order valence-corrected chi connectivity index (χ4v) is 6.48. The SMILES string of the molecule is CCCCCCCC/C=C/C/C=C/C=C/C(O)CCCC(=O)OC[C@H](COP(=O)(O)O)OC(=O)CCCCCCCCCCCCCCCCC(C)CC. The fourth-order valence-electron chi connectivity index (χ4n) is 6.12. The molecule has 0 aliphatic carbocycles. The number of aliphatic hydroxyl groups is 1. The number of phosphoric acid groups is 1. The molecular formula is C44H81O9P. The molecule has 0 rings (SSSR count). The first-order chi connectivity index (χ1) is 26.1. The summed E-state index contributed by atoms with van der Waals surface area (Å²) in [5.41, 5.74) is 0. The molecule has 0 aromatic rings. The van der Waals surface area contributed by atoms with Crippen molar-refractivity contribution < 1.29 is 43.0 Å². The molecule has 0 radical (unpaired) electrons. The van der Waals surface area contributed by atoms with Gasteiger partial charge < -0.3 is 24.4 Å². The van der Waals surface area contributed by atoms with Crippen molar-refractivity contribution in [3.8, 4) is 0 Å². The maximum absolute atomic E-state index is 12.4. The van der Waals surface area contributed by atoms with Crippen molar-refractivity contribution in [3.05, 3.63) is 36.5 Å². The van der Waals surface area contributed by atoms with Gasteiger partial charge in [-0.2, -0.15) is 0 Å².